The molecule has 4 heteroatoms. The molecule has 2 aromatic carbocycles. The van der Waals surface area contributed by atoms with E-state index in [-0.39, 0.29) is 0 Å². The first kappa shape index (κ1) is 16.6. The van der Waals surface area contributed by atoms with Gasteiger partial charge in [-0.15, -0.1) is 0 Å². The molecule has 0 radical (unpaired) electrons. The second-order valence-corrected chi connectivity index (χ2v) is 6.02. The van der Waals surface area contributed by atoms with Crippen molar-refractivity contribution in [3.63, 3.8) is 0 Å². The standard InChI is InChI=1S/C18H19BrO3/c1-2-10-22-17-9-8-15(19)11-14(17)12-16(18(20)21)13-6-4-3-5-7-13/h3-9,11,16H,2,10,12H2,1H3,(H,20,21). The summed E-state index contributed by atoms with van der Waals surface area (Å²) in [6.07, 6.45) is 1.31. The lowest BCUT2D eigenvalue weighted by molar-refractivity contribution is -0.138. The SMILES string of the molecule is CCCOc1ccc(Br)cc1CC(C(=O)O)c1ccccc1. The van der Waals surface area contributed by atoms with Gasteiger partial charge >= 0.3 is 5.97 Å². The van der Waals surface area contributed by atoms with Crippen LogP contribution in [0.2, 0.25) is 0 Å². The van der Waals surface area contributed by atoms with Crippen molar-refractivity contribution >= 4 is 21.9 Å². The first-order valence-corrected chi connectivity index (χ1v) is 8.10. The Hall–Kier alpha value is -1.81. The molecule has 1 unspecified atom stereocenters. The summed E-state index contributed by atoms with van der Waals surface area (Å²) in [6, 6.07) is 15.0. The third-order valence-electron chi connectivity index (χ3n) is 3.41. The molecule has 0 saturated heterocycles. The van der Waals surface area contributed by atoms with Gasteiger partial charge in [-0.2, -0.15) is 0 Å². The van der Waals surface area contributed by atoms with Crippen LogP contribution in [0, 0.1) is 0 Å². The molecule has 0 aromatic heterocycles. The molecular weight excluding hydrogens is 344 g/mol. The summed E-state index contributed by atoms with van der Waals surface area (Å²) < 4.78 is 6.66. The molecule has 22 heavy (non-hydrogen) atoms. The molecule has 3 nitrogen and oxygen atoms in total. The zero-order valence-electron chi connectivity index (χ0n) is 12.5. The summed E-state index contributed by atoms with van der Waals surface area (Å²) >= 11 is 3.44. The number of rotatable bonds is 7. The third-order valence-corrected chi connectivity index (χ3v) is 3.90. The minimum absolute atomic E-state index is 0.401. The maximum atomic E-state index is 11.7. The Balaban J connectivity index is 2.30. The van der Waals surface area contributed by atoms with Gasteiger partial charge in [-0.05, 0) is 42.2 Å². The van der Waals surface area contributed by atoms with Crippen LogP contribution in [0.5, 0.6) is 5.75 Å². The lowest BCUT2D eigenvalue weighted by Gasteiger charge is -2.16. The molecule has 0 spiro atoms. The van der Waals surface area contributed by atoms with Crippen molar-refractivity contribution in [2.75, 3.05) is 6.61 Å². The van der Waals surface area contributed by atoms with Gasteiger partial charge in [0.25, 0.3) is 0 Å². The van der Waals surface area contributed by atoms with E-state index in [0.717, 1.165) is 27.8 Å². The van der Waals surface area contributed by atoms with Gasteiger partial charge in [0.2, 0.25) is 0 Å². The number of halogens is 1. The first-order chi connectivity index (χ1) is 10.6. The van der Waals surface area contributed by atoms with Gasteiger partial charge in [0, 0.05) is 4.47 Å². The third kappa shape index (κ3) is 4.34. The van der Waals surface area contributed by atoms with Gasteiger partial charge < -0.3 is 9.84 Å². The lowest BCUT2D eigenvalue weighted by Crippen LogP contribution is -2.15. The Labute approximate surface area is 139 Å². The van der Waals surface area contributed by atoms with E-state index in [9.17, 15) is 9.90 Å². The summed E-state index contributed by atoms with van der Waals surface area (Å²) in [5, 5.41) is 9.57. The number of carboxylic acid groups (broad SMARTS) is 1. The van der Waals surface area contributed by atoms with Crippen LogP contribution < -0.4 is 4.74 Å². The molecule has 1 atom stereocenters. The van der Waals surface area contributed by atoms with E-state index in [2.05, 4.69) is 15.9 Å². The van der Waals surface area contributed by atoms with E-state index < -0.39 is 11.9 Å². The number of ether oxygens (including phenoxy) is 1. The van der Waals surface area contributed by atoms with Crippen molar-refractivity contribution in [1.82, 2.24) is 0 Å². The van der Waals surface area contributed by atoms with Crippen molar-refractivity contribution in [2.24, 2.45) is 0 Å². The number of hydrogen-bond donors (Lipinski definition) is 1. The smallest absolute Gasteiger partial charge is 0.311 e. The lowest BCUT2D eigenvalue weighted by atomic mass is 9.92. The highest BCUT2D eigenvalue weighted by Gasteiger charge is 2.22. The number of carbonyl (C=O) groups is 1. The summed E-state index contributed by atoms with van der Waals surface area (Å²) in [7, 11) is 0. The largest absolute Gasteiger partial charge is 0.493 e. The van der Waals surface area contributed by atoms with E-state index in [1.165, 1.54) is 0 Å². The van der Waals surface area contributed by atoms with Gasteiger partial charge in [-0.25, -0.2) is 0 Å². The average molecular weight is 363 g/mol. The quantitative estimate of drug-likeness (QED) is 0.779. The van der Waals surface area contributed by atoms with Gasteiger partial charge in [0.15, 0.2) is 0 Å². The van der Waals surface area contributed by atoms with Crippen molar-refractivity contribution in [1.29, 1.82) is 0 Å². The fourth-order valence-corrected chi connectivity index (χ4v) is 2.72. The van der Waals surface area contributed by atoms with Crippen LogP contribution in [-0.2, 0) is 11.2 Å². The van der Waals surface area contributed by atoms with Crippen LogP contribution >= 0.6 is 15.9 Å². The Morgan fingerprint density at radius 2 is 1.95 bits per heavy atom. The average Bonchev–Trinajstić information content (AvgIpc) is 2.52. The van der Waals surface area contributed by atoms with Gasteiger partial charge in [-0.3, -0.25) is 4.79 Å². The van der Waals surface area contributed by atoms with E-state index >= 15 is 0 Å². The van der Waals surface area contributed by atoms with Crippen molar-refractivity contribution in [2.45, 2.75) is 25.7 Å². The second kappa shape index (κ2) is 7.99. The van der Waals surface area contributed by atoms with E-state index in [4.69, 9.17) is 4.74 Å². The molecule has 0 aliphatic carbocycles. The molecule has 1 N–H and O–H groups in total. The van der Waals surface area contributed by atoms with Crippen molar-refractivity contribution in [3.8, 4) is 5.75 Å². The molecule has 2 aromatic rings. The predicted octanol–water partition coefficient (Wildman–Crippen LogP) is 4.65. The normalized spacial score (nSPS) is 11.9. The first-order valence-electron chi connectivity index (χ1n) is 7.30. The highest BCUT2D eigenvalue weighted by molar-refractivity contribution is 9.10. The molecule has 0 saturated carbocycles. The van der Waals surface area contributed by atoms with Gasteiger partial charge in [0.1, 0.15) is 5.75 Å². The molecule has 0 aliphatic rings. The molecule has 2 rings (SSSR count). The van der Waals surface area contributed by atoms with Gasteiger partial charge in [0.05, 0.1) is 12.5 Å². The minimum Gasteiger partial charge on any atom is -0.493 e. The molecule has 116 valence electrons. The number of aliphatic carboxylic acids is 1. The summed E-state index contributed by atoms with van der Waals surface area (Å²) in [6.45, 7) is 2.67. The van der Waals surface area contributed by atoms with E-state index in [0.29, 0.717) is 13.0 Å². The van der Waals surface area contributed by atoms with Crippen molar-refractivity contribution in [3.05, 3.63) is 64.1 Å². The van der Waals surface area contributed by atoms with Crippen LogP contribution in [0.15, 0.2) is 53.0 Å². The Kier molecular flexibility index (Phi) is 6.01. The van der Waals surface area contributed by atoms with Gasteiger partial charge in [-0.1, -0.05) is 53.2 Å². The maximum Gasteiger partial charge on any atom is 0.311 e. The Morgan fingerprint density at radius 1 is 1.23 bits per heavy atom. The van der Waals surface area contributed by atoms with Crippen LogP contribution in [-0.4, -0.2) is 17.7 Å². The Bertz CT molecular complexity index is 625. The number of benzene rings is 2. The molecule has 0 aliphatic heterocycles. The fraction of sp³-hybridized carbons (Fsp3) is 0.278. The number of carboxylic acids is 1. The van der Waals surface area contributed by atoms with Crippen molar-refractivity contribution < 1.29 is 14.6 Å². The predicted molar refractivity (Wildman–Crippen MR) is 90.5 cm³/mol. The fourth-order valence-electron chi connectivity index (χ4n) is 2.31. The molecule has 0 heterocycles. The highest BCUT2D eigenvalue weighted by atomic mass is 79.9. The van der Waals surface area contributed by atoms with E-state index in [1.54, 1.807) is 0 Å². The molecule has 0 fully saturated rings. The maximum absolute atomic E-state index is 11.7. The zero-order valence-corrected chi connectivity index (χ0v) is 14.0. The molecule has 0 bridgehead atoms. The van der Waals surface area contributed by atoms with E-state index in [1.807, 2.05) is 55.5 Å². The monoisotopic (exact) mass is 362 g/mol. The topological polar surface area (TPSA) is 46.5 Å². The van der Waals surface area contributed by atoms with Crippen LogP contribution in [0.1, 0.15) is 30.4 Å². The molecular formula is C18H19BrO3. The number of hydrogen-bond acceptors (Lipinski definition) is 2. The zero-order chi connectivity index (χ0) is 15.9. The summed E-state index contributed by atoms with van der Waals surface area (Å²) in [5.41, 5.74) is 1.70. The van der Waals surface area contributed by atoms with Crippen LogP contribution in [0.4, 0.5) is 0 Å². The summed E-state index contributed by atoms with van der Waals surface area (Å²) in [5.74, 6) is -0.653. The minimum atomic E-state index is -0.826. The summed E-state index contributed by atoms with van der Waals surface area (Å²) in [4.78, 5) is 11.7. The second-order valence-electron chi connectivity index (χ2n) is 5.11. The Morgan fingerprint density at radius 3 is 2.59 bits per heavy atom. The highest BCUT2D eigenvalue weighted by Crippen LogP contribution is 2.29. The van der Waals surface area contributed by atoms with Crippen LogP contribution in [0.3, 0.4) is 0 Å². The molecule has 0 amide bonds. The van der Waals surface area contributed by atoms with Crippen LogP contribution in [0.25, 0.3) is 0 Å².